The number of nitrogens with one attached hydrogen (secondary N) is 3. The molecule has 2 aliphatic rings. The number of aromatic nitrogens is 1. The fourth-order valence-corrected chi connectivity index (χ4v) is 4.96. The molecular weight excluding hydrogens is 474 g/mol. The minimum absolute atomic E-state index is 0.275. The molecule has 0 radical (unpaired) electrons. The highest BCUT2D eigenvalue weighted by molar-refractivity contribution is 7.90. The summed E-state index contributed by atoms with van der Waals surface area (Å²) in [6.07, 6.45) is 5.40. The predicted octanol–water partition coefficient (Wildman–Crippen LogP) is 4.20. The zero-order valence-electron chi connectivity index (χ0n) is 20.3. The fraction of sp³-hybridized carbons (Fsp3) is 0.296. The molecule has 5 rings (SSSR count). The van der Waals surface area contributed by atoms with Crippen molar-refractivity contribution in [1.82, 2.24) is 10.3 Å². The van der Waals surface area contributed by atoms with Crippen LogP contribution in [-0.2, 0) is 17.7 Å². The second kappa shape index (κ2) is 10.2. The molecule has 1 unspecified atom stereocenters. The first-order valence-electron chi connectivity index (χ1n) is 12.0. The Bertz CT molecular complexity index is 1290. The first kappa shape index (κ1) is 24.1. The molecule has 1 atom stereocenters. The molecule has 1 aromatic heterocycles. The SMILES string of the molecule is CNc1cc(C2CC2)cc(N2CCOc3nc(C(=O)NCc4ccc([S+](C)[O-])cc4)ccc32)c1C=N. The molecule has 2 heterocycles. The van der Waals surface area contributed by atoms with Crippen molar-refractivity contribution >= 4 is 40.4 Å². The first-order valence-corrected chi connectivity index (χ1v) is 13.5. The highest BCUT2D eigenvalue weighted by Gasteiger charge is 2.29. The van der Waals surface area contributed by atoms with E-state index in [0.29, 0.717) is 31.5 Å². The Labute approximate surface area is 213 Å². The zero-order valence-corrected chi connectivity index (χ0v) is 21.2. The Morgan fingerprint density at radius 1 is 1.22 bits per heavy atom. The van der Waals surface area contributed by atoms with Gasteiger partial charge in [0.15, 0.2) is 4.90 Å². The third kappa shape index (κ3) is 4.89. The molecule has 1 amide bonds. The van der Waals surface area contributed by atoms with Gasteiger partial charge in [-0.05, 0) is 77.5 Å². The third-order valence-electron chi connectivity index (χ3n) is 6.56. The van der Waals surface area contributed by atoms with Gasteiger partial charge in [-0.2, -0.15) is 0 Å². The highest BCUT2D eigenvalue weighted by atomic mass is 32.2. The Balaban J connectivity index is 1.37. The standard InChI is InChI=1S/C27H29N5O3S/c1-29-23-13-19(18-5-6-18)14-25(21(23)15-28)32-11-12-35-27-24(32)10-9-22(31-27)26(33)30-16-17-3-7-20(8-4-17)36(2)34/h3-4,7-10,13-15,18,28-29H,5-6,11-12,16H2,1-2H3,(H,30,33). The fourth-order valence-electron chi connectivity index (χ4n) is 4.44. The molecule has 36 heavy (non-hydrogen) atoms. The topological polar surface area (TPSA) is 113 Å². The van der Waals surface area contributed by atoms with Crippen LogP contribution < -0.4 is 20.3 Å². The normalized spacial score (nSPS) is 15.5. The van der Waals surface area contributed by atoms with Gasteiger partial charge in [0.05, 0.1) is 12.2 Å². The Morgan fingerprint density at radius 2 is 2.00 bits per heavy atom. The van der Waals surface area contributed by atoms with Gasteiger partial charge in [-0.1, -0.05) is 12.1 Å². The van der Waals surface area contributed by atoms with Gasteiger partial charge in [-0.3, -0.25) is 4.79 Å². The van der Waals surface area contributed by atoms with Crippen molar-refractivity contribution in [3.05, 3.63) is 70.9 Å². The van der Waals surface area contributed by atoms with Gasteiger partial charge in [0.1, 0.15) is 24.2 Å². The summed E-state index contributed by atoms with van der Waals surface area (Å²) in [7, 11) is 1.88. The van der Waals surface area contributed by atoms with Crippen LogP contribution in [0.15, 0.2) is 53.4 Å². The summed E-state index contributed by atoms with van der Waals surface area (Å²) < 4.78 is 17.4. The van der Waals surface area contributed by atoms with Gasteiger partial charge in [0, 0.05) is 31.1 Å². The zero-order chi connectivity index (χ0) is 25.2. The average Bonchev–Trinajstić information content (AvgIpc) is 3.76. The van der Waals surface area contributed by atoms with E-state index in [9.17, 15) is 9.35 Å². The molecule has 2 aromatic carbocycles. The number of hydrogen-bond donors (Lipinski definition) is 3. The van der Waals surface area contributed by atoms with Gasteiger partial charge in [-0.25, -0.2) is 4.98 Å². The van der Waals surface area contributed by atoms with Crippen LogP contribution in [0.25, 0.3) is 0 Å². The monoisotopic (exact) mass is 503 g/mol. The molecule has 1 fully saturated rings. The van der Waals surface area contributed by atoms with Crippen LogP contribution in [0.1, 0.15) is 45.9 Å². The third-order valence-corrected chi connectivity index (χ3v) is 7.50. The lowest BCUT2D eigenvalue weighted by Gasteiger charge is -2.32. The van der Waals surface area contributed by atoms with E-state index in [4.69, 9.17) is 10.1 Å². The summed E-state index contributed by atoms with van der Waals surface area (Å²) >= 11 is -1.03. The van der Waals surface area contributed by atoms with Crippen LogP contribution in [0, 0.1) is 5.41 Å². The molecule has 9 heteroatoms. The largest absolute Gasteiger partial charge is 0.612 e. The summed E-state index contributed by atoms with van der Waals surface area (Å²) in [4.78, 5) is 20.2. The van der Waals surface area contributed by atoms with E-state index in [0.717, 1.165) is 33.1 Å². The molecule has 0 spiro atoms. The summed E-state index contributed by atoms with van der Waals surface area (Å²) in [6, 6.07) is 15.2. The number of fused-ring (bicyclic) bond motifs is 1. The number of rotatable bonds is 8. The minimum atomic E-state index is -1.03. The van der Waals surface area contributed by atoms with Crippen molar-refractivity contribution in [1.29, 1.82) is 5.41 Å². The maximum absolute atomic E-state index is 12.8. The van der Waals surface area contributed by atoms with Crippen LogP contribution in [0.2, 0.25) is 0 Å². The van der Waals surface area contributed by atoms with Crippen molar-refractivity contribution < 1.29 is 14.1 Å². The molecule has 3 N–H and O–H groups in total. The van der Waals surface area contributed by atoms with E-state index < -0.39 is 11.2 Å². The van der Waals surface area contributed by atoms with E-state index in [1.54, 1.807) is 24.5 Å². The molecule has 186 valence electrons. The summed E-state index contributed by atoms with van der Waals surface area (Å²) in [5.41, 5.74) is 5.92. The molecule has 0 saturated heterocycles. The number of carbonyl (C=O) groups is 1. The lowest BCUT2D eigenvalue weighted by atomic mass is 10.0. The van der Waals surface area contributed by atoms with Gasteiger partial charge >= 0.3 is 0 Å². The molecule has 3 aromatic rings. The second-order valence-corrected chi connectivity index (χ2v) is 10.4. The number of anilines is 3. The van der Waals surface area contributed by atoms with E-state index in [1.807, 2.05) is 25.2 Å². The minimum Gasteiger partial charge on any atom is -0.612 e. The van der Waals surface area contributed by atoms with E-state index in [2.05, 4.69) is 32.7 Å². The number of carbonyl (C=O) groups excluding carboxylic acids is 1. The summed E-state index contributed by atoms with van der Waals surface area (Å²) in [6.45, 7) is 1.39. The van der Waals surface area contributed by atoms with Crippen LogP contribution >= 0.6 is 0 Å². The molecule has 8 nitrogen and oxygen atoms in total. The lowest BCUT2D eigenvalue weighted by molar-refractivity contribution is 0.0944. The number of nitrogens with zero attached hydrogens (tertiary/aromatic N) is 2. The van der Waals surface area contributed by atoms with Gasteiger partial charge in [-0.15, -0.1) is 0 Å². The molecular formula is C27H29N5O3S. The maximum Gasteiger partial charge on any atom is 0.270 e. The smallest absolute Gasteiger partial charge is 0.270 e. The van der Waals surface area contributed by atoms with Gasteiger partial charge in [0.2, 0.25) is 5.88 Å². The van der Waals surface area contributed by atoms with Crippen molar-refractivity contribution in [3.8, 4) is 5.88 Å². The van der Waals surface area contributed by atoms with E-state index in [-0.39, 0.29) is 11.6 Å². The Kier molecular flexibility index (Phi) is 6.84. The van der Waals surface area contributed by atoms with Crippen LogP contribution in [0.4, 0.5) is 17.1 Å². The number of benzene rings is 2. The van der Waals surface area contributed by atoms with Crippen LogP contribution in [0.3, 0.4) is 0 Å². The number of ether oxygens (including phenoxy) is 1. The molecule has 0 bridgehead atoms. The highest BCUT2D eigenvalue weighted by Crippen LogP contribution is 2.45. The molecule has 1 aliphatic heterocycles. The predicted molar refractivity (Wildman–Crippen MR) is 143 cm³/mol. The van der Waals surface area contributed by atoms with Crippen LogP contribution in [-0.4, -0.2) is 48.1 Å². The summed E-state index contributed by atoms with van der Waals surface area (Å²) in [5.74, 6) is 0.679. The molecule has 1 saturated carbocycles. The summed E-state index contributed by atoms with van der Waals surface area (Å²) in [5, 5.41) is 14.2. The number of hydrogen-bond acceptors (Lipinski definition) is 7. The first-order chi connectivity index (χ1) is 17.5. The lowest BCUT2D eigenvalue weighted by Crippen LogP contribution is -2.31. The van der Waals surface area contributed by atoms with Crippen molar-refractivity contribution in [3.63, 3.8) is 0 Å². The van der Waals surface area contributed by atoms with Crippen molar-refractivity contribution in [2.24, 2.45) is 0 Å². The quantitative estimate of drug-likeness (QED) is 0.314. The van der Waals surface area contributed by atoms with Crippen LogP contribution in [0.5, 0.6) is 5.88 Å². The molecule has 1 aliphatic carbocycles. The van der Waals surface area contributed by atoms with Crippen molar-refractivity contribution in [2.45, 2.75) is 30.2 Å². The van der Waals surface area contributed by atoms with Gasteiger partial charge < -0.3 is 30.2 Å². The maximum atomic E-state index is 12.8. The van der Waals surface area contributed by atoms with E-state index >= 15 is 0 Å². The Hall–Kier alpha value is -3.56. The number of pyridine rings is 1. The average molecular weight is 504 g/mol. The van der Waals surface area contributed by atoms with E-state index in [1.165, 1.54) is 24.6 Å². The van der Waals surface area contributed by atoms with Crippen molar-refractivity contribution in [2.75, 3.05) is 36.7 Å². The number of amides is 1. The van der Waals surface area contributed by atoms with Gasteiger partial charge in [0.25, 0.3) is 5.91 Å². The Morgan fingerprint density at radius 3 is 2.67 bits per heavy atom. The second-order valence-electron chi connectivity index (χ2n) is 8.97.